The molecule has 2 nitrogen and oxygen atoms in total. The van der Waals surface area contributed by atoms with Crippen LogP contribution >= 0.6 is 15.9 Å². The second-order valence-corrected chi connectivity index (χ2v) is 4.49. The van der Waals surface area contributed by atoms with E-state index in [0.29, 0.717) is 11.5 Å². The number of nitrogens with zero attached hydrogens (tertiary/aromatic N) is 1. The highest BCUT2D eigenvalue weighted by Gasteiger charge is 2.02. The first-order valence-corrected chi connectivity index (χ1v) is 5.36. The molecule has 1 aromatic carbocycles. The van der Waals surface area contributed by atoms with Crippen LogP contribution in [0.4, 0.5) is 5.69 Å². The summed E-state index contributed by atoms with van der Waals surface area (Å²) in [5.41, 5.74) is 1.59. The van der Waals surface area contributed by atoms with E-state index >= 15 is 0 Å². The van der Waals surface area contributed by atoms with Gasteiger partial charge in [-0.3, -0.25) is 0 Å². The van der Waals surface area contributed by atoms with Crippen LogP contribution in [0.2, 0.25) is 0 Å². The maximum absolute atomic E-state index is 8.87. The average Bonchev–Trinajstić information content (AvgIpc) is 2.15. The Kier molecular flexibility index (Phi) is 3.97. The minimum Gasteiger partial charge on any atom is -0.384 e. The van der Waals surface area contributed by atoms with E-state index in [1.165, 1.54) is 0 Å². The maximum Gasteiger partial charge on any atom is 0.101 e. The van der Waals surface area contributed by atoms with Gasteiger partial charge >= 0.3 is 0 Å². The molecule has 0 unspecified atom stereocenters. The van der Waals surface area contributed by atoms with E-state index in [1.54, 1.807) is 0 Å². The molecule has 74 valence electrons. The Hall–Kier alpha value is -1.01. The van der Waals surface area contributed by atoms with E-state index in [0.717, 1.165) is 16.7 Å². The molecule has 0 aliphatic carbocycles. The van der Waals surface area contributed by atoms with Crippen LogP contribution in [0.3, 0.4) is 0 Å². The molecule has 3 heteroatoms. The van der Waals surface area contributed by atoms with Gasteiger partial charge in [-0.05, 0) is 24.1 Å². The molecule has 0 aromatic heterocycles. The van der Waals surface area contributed by atoms with Crippen molar-refractivity contribution in [3.05, 3.63) is 28.2 Å². The normalized spacial score (nSPS) is 9.93. The molecule has 0 saturated carbocycles. The van der Waals surface area contributed by atoms with Gasteiger partial charge in [0.25, 0.3) is 0 Å². The quantitative estimate of drug-likeness (QED) is 0.896. The summed E-state index contributed by atoms with van der Waals surface area (Å²) in [6.45, 7) is 5.15. The summed E-state index contributed by atoms with van der Waals surface area (Å²) in [4.78, 5) is 0. The molecule has 0 bridgehead atoms. The van der Waals surface area contributed by atoms with Gasteiger partial charge in [0.2, 0.25) is 0 Å². The van der Waals surface area contributed by atoms with Crippen molar-refractivity contribution in [1.82, 2.24) is 0 Å². The van der Waals surface area contributed by atoms with Crippen molar-refractivity contribution in [1.29, 1.82) is 5.26 Å². The van der Waals surface area contributed by atoms with Crippen molar-refractivity contribution in [2.75, 3.05) is 11.9 Å². The van der Waals surface area contributed by atoms with E-state index in [9.17, 15) is 0 Å². The van der Waals surface area contributed by atoms with Gasteiger partial charge in [-0.15, -0.1) is 0 Å². The third kappa shape index (κ3) is 3.04. The number of halogens is 1. The van der Waals surface area contributed by atoms with E-state index in [2.05, 4.69) is 41.2 Å². The summed E-state index contributed by atoms with van der Waals surface area (Å²) >= 11 is 3.38. The number of hydrogen-bond donors (Lipinski definition) is 1. The van der Waals surface area contributed by atoms with Crippen LogP contribution in [0.25, 0.3) is 0 Å². The summed E-state index contributed by atoms with van der Waals surface area (Å²) in [5.74, 6) is 0.570. The Bertz CT molecular complexity index is 353. The third-order valence-electron chi connectivity index (χ3n) is 1.80. The Morgan fingerprint density at radius 1 is 1.50 bits per heavy atom. The molecular formula is C11H13BrN2. The van der Waals surface area contributed by atoms with E-state index < -0.39 is 0 Å². The molecule has 0 saturated heterocycles. The fraction of sp³-hybridized carbons (Fsp3) is 0.364. The highest BCUT2D eigenvalue weighted by Crippen LogP contribution is 2.20. The van der Waals surface area contributed by atoms with Gasteiger partial charge in [0.05, 0.1) is 11.3 Å². The van der Waals surface area contributed by atoms with Crippen molar-refractivity contribution < 1.29 is 0 Å². The second kappa shape index (κ2) is 5.02. The van der Waals surface area contributed by atoms with Crippen LogP contribution in [0, 0.1) is 17.2 Å². The minimum atomic E-state index is 0.570. The number of anilines is 1. The first kappa shape index (κ1) is 11.1. The summed E-state index contributed by atoms with van der Waals surface area (Å²) < 4.78 is 0.989. The van der Waals surface area contributed by atoms with E-state index in [-0.39, 0.29) is 0 Å². The van der Waals surface area contributed by atoms with E-state index in [1.807, 2.05) is 18.2 Å². The first-order valence-electron chi connectivity index (χ1n) is 4.57. The number of hydrogen-bond acceptors (Lipinski definition) is 2. The largest absolute Gasteiger partial charge is 0.384 e. The van der Waals surface area contributed by atoms with Crippen molar-refractivity contribution in [2.24, 2.45) is 5.92 Å². The lowest BCUT2D eigenvalue weighted by Gasteiger charge is -2.10. The number of nitrogens with one attached hydrogen (secondary N) is 1. The Labute approximate surface area is 93.1 Å². The zero-order valence-electron chi connectivity index (χ0n) is 8.34. The second-order valence-electron chi connectivity index (χ2n) is 3.58. The lowest BCUT2D eigenvalue weighted by Crippen LogP contribution is -2.08. The highest BCUT2D eigenvalue weighted by molar-refractivity contribution is 9.10. The summed E-state index contributed by atoms with van der Waals surface area (Å²) in [5, 5.41) is 12.1. The smallest absolute Gasteiger partial charge is 0.101 e. The van der Waals surface area contributed by atoms with Gasteiger partial charge < -0.3 is 5.32 Å². The molecule has 14 heavy (non-hydrogen) atoms. The minimum absolute atomic E-state index is 0.570. The fourth-order valence-electron chi connectivity index (χ4n) is 1.07. The Balaban J connectivity index is 2.84. The predicted octanol–water partition coefficient (Wildman–Crippen LogP) is 3.39. The molecule has 0 radical (unpaired) electrons. The van der Waals surface area contributed by atoms with Crippen LogP contribution in [-0.4, -0.2) is 6.54 Å². The topological polar surface area (TPSA) is 35.8 Å². The molecular weight excluding hydrogens is 240 g/mol. The van der Waals surface area contributed by atoms with Gasteiger partial charge in [-0.25, -0.2) is 0 Å². The summed E-state index contributed by atoms with van der Waals surface area (Å²) in [6.07, 6.45) is 0. The average molecular weight is 253 g/mol. The SMILES string of the molecule is CC(C)CNc1cc(Br)ccc1C#N. The van der Waals surface area contributed by atoms with E-state index in [4.69, 9.17) is 5.26 Å². The molecule has 0 fully saturated rings. The zero-order chi connectivity index (χ0) is 10.6. The van der Waals surface area contributed by atoms with Crippen molar-refractivity contribution in [3.8, 4) is 6.07 Å². The number of nitriles is 1. The van der Waals surface area contributed by atoms with Gasteiger partial charge in [0.15, 0.2) is 0 Å². The molecule has 1 N–H and O–H groups in total. The van der Waals surface area contributed by atoms with Crippen LogP contribution in [-0.2, 0) is 0 Å². The maximum atomic E-state index is 8.87. The highest BCUT2D eigenvalue weighted by atomic mass is 79.9. The zero-order valence-corrected chi connectivity index (χ0v) is 9.93. The molecule has 0 atom stereocenters. The van der Waals surface area contributed by atoms with Crippen LogP contribution < -0.4 is 5.32 Å². The van der Waals surface area contributed by atoms with Crippen LogP contribution in [0.1, 0.15) is 19.4 Å². The van der Waals surface area contributed by atoms with Gasteiger partial charge in [-0.1, -0.05) is 29.8 Å². The Morgan fingerprint density at radius 2 is 2.21 bits per heavy atom. The lowest BCUT2D eigenvalue weighted by molar-refractivity contribution is 0.689. The van der Waals surface area contributed by atoms with Gasteiger partial charge in [-0.2, -0.15) is 5.26 Å². The van der Waals surface area contributed by atoms with Gasteiger partial charge in [0, 0.05) is 11.0 Å². The van der Waals surface area contributed by atoms with Crippen molar-refractivity contribution in [2.45, 2.75) is 13.8 Å². The molecule has 0 heterocycles. The molecule has 0 aliphatic rings. The molecule has 0 amide bonds. The fourth-order valence-corrected chi connectivity index (χ4v) is 1.44. The van der Waals surface area contributed by atoms with Crippen molar-refractivity contribution in [3.63, 3.8) is 0 Å². The molecule has 0 spiro atoms. The molecule has 1 rings (SSSR count). The Morgan fingerprint density at radius 3 is 2.79 bits per heavy atom. The van der Waals surface area contributed by atoms with Crippen molar-refractivity contribution >= 4 is 21.6 Å². The standard InChI is InChI=1S/C11H13BrN2/c1-8(2)7-14-11-5-10(12)4-3-9(11)6-13/h3-5,8,14H,7H2,1-2H3. The first-order chi connectivity index (χ1) is 6.63. The predicted molar refractivity (Wildman–Crippen MR) is 62.2 cm³/mol. The number of rotatable bonds is 3. The third-order valence-corrected chi connectivity index (χ3v) is 2.30. The lowest BCUT2D eigenvalue weighted by atomic mass is 10.1. The van der Waals surface area contributed by atoms with Crippen LogP contribution in [0.5, 0.6) is 0 Å². The van der Waals surface area contributed by atoms with Crippen LogP contribution in [0.15, 0.2) is 22.7 Å². The monoisotopic (exact) mass is 252 g/mol. The molecule has 0 aliphatic heterocycles. The summed E-state index contributed by atoms with van der Waals surface area (Å²) in [7, 11) is 0. The summed E-state index contributed by atoms with van der Waals surface area (Å²) in [6, 6.07) is 7.78. The van der Waals surface area contributed by atoms with Gasteiger partial charge in [0.1, 0.15) is 6.07 Å². The molecule has 1 aromatic rings. The number of benzene rings is 1.